The molecule has 1 aromatic heterocycles. The van der Waals surface area contributed by atoms with E-state index in [4.69, 9.17) is 0 Å². The second-order valence-electron chi connectivity index (χ2n) is 4.17. The minimum Gasteiger partial charge on any atom is -0.304 e. The van der Waals surface area contributed by atoms with Crippen molar-refractivity contribution in [3.8, 4) is 0 Å². The van der Waals surface area contributed by atoms with Crippen molar-refractivity contribution in [1.82, 2.24) is 4.57 Å². The van der Waals surface area contributed by atoms with Crippen LogP contribution in [0, 0.1) is 0 Å². The van der Waals surface area contributed by atoms with Crippen molar-refractivity contribution in [2.45, 2.75) is 19.9 Å². The van der Waals surface area contributed by atoms with E-state index in [9.17, 15) is 4.79 Å². The van der Waals surface area contributed by atoms with E-state index in [1.807, 2.05) is 42.5 Å². The minimum atomic E-state index is 0.0390. The van der Waals surface area contributed by atoms with Crippen molar-refractivity contribution in [2.24, 2.45) is 0 Å². The summed E-state index contributed by atoms with van der Waals surface area (Å²) in [5.41, 5.74) is 2.13. The molecular formula is C16H17NO. The summed E-state index contributed by atoms with van der Waals surface area (Å²) in [5.74, 6) is 0. The third-order valence-corrected chi connectivity index (χ3v) is 2.79. The lowest BCUT2D eigenvalue weighted by Gasteiger charge is -2.09. The molecule has 1 aromatic carbocycles. The van der Waals surface area contributed by atoms with Crippen molar-refractivity contribution >= 4 is 6.08 Å². The highest BCUT2D eigenvalue weighted by Crippen LogP contribution is 2.06. The third-order valence-electron chi connectivity index (χ3n) is 2.79. The van der Waals surface area contributed by atoms with Gasteiger partial charge in [-0.15, -0.1) is 0 Å². The number of rotatable bonds is 4. The van der Waals surface area contributed by atoms with Gasteiger partial charge in [-0.3, -0.25) is 4.79 Å². The van der Waals surface area contributed by atoms with Crippen molar-refractivity contribution in [1.29, 1.82) is 0 Å². The number of nitrogens with zero attached hydrogens (tertiary/aromatic N) is 1. The number of benzene rings is 1. The van der Waals surface area contributed by atoms with Crippen molar-refractivity contribution in [2.75, 3.05) is 0 Å². The molecule has 0 bridgehead atoms. The van der Waals surface area contributed by atoms with Gasteiger partial charge in [-0.25, -0.2) is 0 Å². The summed E-state index contributed by atoms with van der Waals surface area (Å²) in [5, 5.41) is 0. The van der Waals surface area contributed by atoms with Gasteiger partial charge < -0.3 is 4.57 Å². The molecule has 2 nitrogen and oxygen atoms in total. The van der Waals surface area contributed by atoms with Crippen LogP contribution in [0.5, 0.6) is 0 Å². The van der Waals surface area contributed by atoms with Gasteiger partial charge in [0.15, 0.2) is 0 Å². The molecule has 0 saturated carbocycles. The van der Waals surface area contributed by atoms with E-state index in [-0.39, 0.29) is 5.56 Å². The highest BCUT2D eigenvalue weighted by molar-refractivity contribution is 5.45. The molecule has 0 N–H and O–H groups in total. The van der Waals surface area contributed by atoms with E-state index in [2.05, 4.69) is 13.0 Å². The highest BCUT2D eigenvalue weighted by atomic mass is 16.1. The van der Waals surface area contributed by atoms with E-state index >= 15 is 0 Å². The van der Waals surface area contributed by atoms with E-state index in [0.717, 1.165) is 17.7 Å². The number of aromatic nitrogens is 1. The highest BCUT2D eigenvalue weighted by Gasteiger charge is 2.01. The Morgan fingerprint density at radius 3 is 2.56 bits per heavy atom. The minimum absolute atomic E-state index is 0.0390. The van der Waals surface area contributed by atoms with Gasteiger partial charge in [0.1, 0.15) is 0 Å². The summed E-state index contributed by atoms with van der Waals surface area (Å²) >= 11 is 0. The second kappa shape index (κ2) is 6.01. The van der Waals surface area contributed by atoms with Crippen LogP contribution in [0.1, 0.15) is 24.6 Å². The zero-order valence-corrected chi connectivity index (χ0v) is 10.5. The third kappa shape index (κ3) is 2.98. The molecule has 0 amide bonds. The molecule has 0 unspecified atom stereocenters. The maximum absolute atomic E-state index is 11.9. The van der Waals surface area contributed by atoms with Gasteiger partial charge in [-0.1, -0.05) is 49.4 Å². The van der Waals surface area contributed by atoms with Gasteiger partial charge in [0.2, 0.25) is 0 Å². The average molecular weight is 239 g/mol. The Bertz CT molecular complexity index is 582. The van der Waals surface area contributed by atoms with Crippen molar-refractivity contribution < 1.29 is 0 Å². The first-order chi connectivity index (χ1) is 8.81. The van der Waals surface area contributed by atoms with Crippen LogP contribution in [0.15, 0.2) is 59.4 Å². The summed E-state index contributed by atoms with van der Waals surface area (Å²) in [6.45, 7) is 2.70. The Morgan fingerprint density at radius 1 is 1.06 bits per heavy atom. The normalized spacial score (nSPS) is 10.9. The van der Waals surface area contributed by atoms with Gasteiger partial charge in [0, 0.05) is 11.8 Å². The van der Waals surface area contributed by atoms with Crippen molar-refractivity contribution in [3.05, 3.63) is 76.2 Å². The summed E-state index contributed by atoms with van der Waals surface area (Å²) in [4.78, 5) is 11.9. The Kier molecular flexibility index (Phi) is 4.13. The standard InChI is InChI=1S/C16H17NO/c1-2-3-10-15-11-7-12-16(18)17(15)13-14-8-5-4-6-9-14/h3-12H,2,13H2,1H3. The molecule has 0 saturated heterocycles. The lowest BCUT2D eigenvalue weighted by molar-refractivity contribution is 0.750. The van der Waals surface area contributed by atoms with E-state index in [1.165, 1.54) is 0 Å². The first-order valence-electron chi connectivity index (χ1n) is 6.21. The number of hydrogen-bond acceptors (Lipinski definition) is 1. The average Bonchev–Trinajstić information content (AvgIpc) is 2.41. The van der Waals surface area contributed by atoms with Crippen LogP contribution in [0.2, 0.25) is 0 Å². The molecule has 0 fully saturated rings. The van der Waals surface area contributed by atoms with E-state index in [1.54, 1.807) is 16.7 Å². The zero-order chi connectivity index (χ0) is 12.8. The van der Waals surface area contributed by atoms with Crippen LogP contribution in [-0.4, -0.2) is 4.57 Å². The van der Waals surface area contributed by atoms with Crippen LogP contribution < -0.4 is 5.56 Å². The summed E-state index contributed by atoms with van der Waals surface area (Å²) < 4.78 is 1.79. The molecule has 18 heavy (non-hydrogen) atoms. The van der Waals surface area contributed by atoms with Gasteiger partial charge >= 0.3 is 0 Å². The number of pyridine rings is 1. The maximum Gasteiger partial charge on any atom is 0.251 e. The molecule has 0 spiro atoms. The van der Waals surface area contributed by atoms with Crippen LogP contribution >= 0.6 is 0 Å². The van der Waals surface area contributed by atoms with Crippen LogP contribution in [0.3, 0.4) is 0 Å². The first kappa shape index (κ1) is 12.4. The summed E-state index contributed by atoms with van der Waals surface area (Å²) in [6, 6.07) is 15.4. The molecule has 2 heteroatoms. The maximum atomic E-state index is 11.9. The molecule has 2 aromatic rings. The number of allylic oxidation sites excluding steroid dienone is 1. The monoisotopic (exact) mass is 239 g/mol. The molecule has 0 aliphatic carbocycles. The van der Waals surface area contributed by atoms with E-state index < -0.39 is 0 Å². The summed E-state index contributed by atoms with van der Waals surface area (Å²) in [6.07, 6.45) is 5.04. The van der Waals surface area contributed by atoms with Gasteiger partial charge in [-0.2, -0.15) is 0 Å². The lowest BCUT2D eigenvalue weighted by Crippen LogP contribution is -2.21. The molecule has 0 radical (unpaired) electrons. The number of hydrogen-bond donors (Lipinski definition) is 0. The van der Waals surface area contributed by atoms with Crippen molar-refractivity contribution in [3.63, 3.8) is 0 Å². The Balaban J connectivity index is 2.37. The van der Waals surface area contributed by atoms with Crippen LogP contribution in [0.25, 0.3) is 6.08 Å². The molecule has 0 aliphatic heterocycles. The topological polar surface area (TPSA) is 22.0 Å². The van der Waals surface area contributed by atoms with Gasteiger partial charge in [0.25, 0.3) is 5.56 Å². The fraction of sp³-hybridized carbons (Fsp3) is 0.188. The molecule has 0 atom stereocenters. The van der Waals surface area contributed by atoms with E-state index in [0.29, 0.717) is 6.54 Å². The van der Waals surface area contributed by atoms with Crippen LogP contribution in [0.4, 0.5) is 0 Å². The molecule has 1 heterocycles. The summed E-state index contributed by atoms with van der Waals surface area (Å²) in [7, 11) is 0. The quantitative estimate of drug-likeness (QED) is 0.802. The van der Waals surface area contributed by atoms with Gasteiger partial charge in [-0.05, 0) is 24.1 Å². The Morgan fingerprint density at radius 2 is 1.83 bits per heavy atom. The predicted molar refractivity (Wildman–Crippen MR) is 75.6 cm³/mol. The SMILES string of the molecule is CCC=Cc1cccc(=O)n1Cc1ccccc1. The molecule has 92 valence electrons. The Labute approximate surface area is 107 Å². The predicted octanol–water partition coefficient (Wildman–Crippen LogP) is 3.32. The smallest absolute Gasteiger partial charge is 0.251 e. The molecular weight excluding hydrogens is 222 g/mol. The molecule has 0 aliphatic rings. The zero-order valence-electron chi connectivity index (χ0n) is 10.5. The Hall–Kier alpha value is -2.09. The fourth-order valence-electron chi connectivity index (χ4n) is 1.86. The lowest BCUT2D eigenvalue weighted by atomic mass is 10.2. The first-order valence-corrected chi connectivity index (χ1v) is 6.21. The molecule has 2 rings (SSSR count). The fourth-order valence-corrected chi connectivity index (χ4v) is 1.86. The largest absolute Gasteiger partial charge is 0.304 e. The van der Waals surface area contributed by atoms with Crippen LogP contribution in [-0.2, 0) is 6.54 Å². The second-order valence-corrected chi connectivity index (χ2v) is 4.17. The van der Waals surface area contributed by atoms with Gasteiger partial charge in [0.05, 0.1) is 6.54 Å².